The number of nitrogens with one attached hydrogen (secondary N) is 1. The third-order valence-corrected chi connectivity index (χ3v) is 5.23. The summed E-state index contributed by atoms with van der Waals surface area (Å²) in [7, 11) is 1.39. The van der Waals surface area contributed by atoms with Crippen molar-refractivity contribution in [2.24, 2.45) is 0 Å². The zero-order valence-electron chi connectivity index (χ0n) is 16.1. The smallest absolute Gasteiger partial charge is 0.286 e. The Balaban J connectivity index is 1.67. The van der Waals surface area contributed by atoms with Crippen molar-refractivity contribution in [2.45, 2.75) is 6.92 Å². The van der Waals surface area contributed by atoms with Crippen LogP contribution in [0.1, 0.15) is 17.3 Å². The molecule has 0 aliphatic carbocycles. The fourth-order valence-corrected chi connectivity index (χ4v) is 3.86. The Morgan fingerprint density at radius 3 is 2.63 bits per heavy atom. The fourth-order valence-electron chi connectivity index (χ4n) is 2.99. The molecule has 0 radical (unpaired) electrons. The number of hydrogen-bond acceptors (Lipinski definition) is 9. The zero-order valence-corrected chi connectivity index (χ0v) is 16.9. The van der Waals surface area contributed by atoms with Gasteiger partial charge in [0.15, 0.2) is 28.1 Å². The second-order valence-corrected chi connectivity index (χ2v) is 7.18. The Kier molecular flexibility index (Phi) is 5.27. The first-order valence-electron chi connectivity index (χ1n) is 9.01. The minimum absolute atomic E-state index is 0.162. The Bertz CT molecular complexity index is 1100. The summed E-state index contributed by atoms with van der Waals surface area (Å²) in [6.45, 7) is 2.95. The van der Waals surface area contributed by atoms with E-state index in [4.69, 9.17) is 18.9 Å². The zero-order chi connectivity index (χ0) is 21.3. The van der Waals surface area contributed by atoms with Crippen LogP contribution < -0.4 is 24.3 Å². The molecule has 0 spiro atoms. The number of fused-ring (bicyclic) bond motifs is 2. The number of rotatable bonds is 6. The minimum Gasteiger partial charge on any atom is -0.493 e. The Hall–Kier alpha value is -3.60. The van der Waals surface area contributed by atoms with E-state index in [0.717, 1.165) is 4.70 Å². The number of benzene rings is 2. The molecule has 30 heavy (non-hydrogen) atoms. The first-order chi connectivity index (χ1) is 14.5. The first-order valence-corrected chi connectivity index (χ1v) is 9.82. The highest BCUT2D eigenvalue weighted by Crippen LogP contribution is 2.39. The van der Waals surface area contributed by atoms with E-state index in [1.54, 1.807) is 19.1 Å². The maximum absolute atomic E-state index is 12.8. The molecule has 0 unspecified atom stereocenters. The maximum atomic E-state index is 12.8. The summed E-state index contributed by atoms with van der Waals surface area (Å²) in [4.78, 5) is 28.1. The summed E-state index contributed by atoms with van der Waals surface area (Å²) < 4.78 is 22.5. The van der Waals surface area contributed by atoms with Gasteiger partial charge in [-0.3, -0.25) is 20.2 Å². The summed E-state index contributed by atoms with van der Waals surface area (Å²) in [6, 6.07) is 5.99. The van der Waals surface area contributed by atoms with E-state index >= 15 is 0 Å². The molecule has 0 saturated carbocycles. The van der Waals surface area contributed by atoms with Crippen LogP contribution in [0.3, 0.4) is 0 Å². The van der Waals surface area contributed by atoms with Crippen LogP contribution in [0.2, 0.25) is 0 Å². The Morgan fingerprint density at radius 1 is 1.23 bits per heavy atom. The maximum Gasteiger partial charge on any atom is 0.286 e. The number of carbonyl (C=O) groups excluding carboxylic acids is 1. The predicted molar refractivity (Wildman–Crippen MR) is 109 cm³/mol. The van der Waals surface area contributed by atoms with Gasteiger partial charge in [-0.15, -0.1) is 0 Å². The van der Waals surface area contributed by atoms with Crippen LogP contribution in [0.5, 0.6) is 23.0 Å². The molecule has 0 saturated heterocycles. The van der Waals surface area contributed by atoms with Gasteiger partial charge in [0.05, 0.1) is 34.9 Å². The van der Waals surface area contributed by atoms with E-state index in [2.05, 4.69) is 10.3 Å². The van der Waals surface area contributed by atoms with Crippen LogP contribution in [-0.2, 0) is 0 Å². The van der Waals surface area contributed by atoms with Crippen molar-refractivity contribution in [3.8, 4) is 23.0 Å². The number of ether oxygens (including phenoxy) is 4. The highest BCUT2D eigenvalue weighted by atomic mass is 32.1. The summed E-state index contributed by atoms with van der Waals surface area (Å²) in [5, 5.41) is 14.4. The average Bonchev–Trinajstić information content (AvgIpc) is 3.12. The molecule has 4 rings (SSSR count). The molecule has 1 aliphatic rings. The van der Waals surface area contributed by atoms with Crippen LogP contribution in [0.15, 0.2) is 24.3 Å². The van der Waals surface area contributed by atoms with Crippen molar-refractivity contribution in [1.29, 1.82) is 0 Å². The van der Waals surface area contributed by atoms with Gasteiger partial charge in [0.2, 0.25) is 0 Å². The average molecular weight is 431 g/mol. The normalized spacial score (nSPS) is 12.5. The lowest BCUT2D eigenvalue weighted by Crippen LogP contribution is -2.15. The van der Waals surface area contributed by atoms with Gasteiger partial charge in [-0.25, -0.2) is 4.98 Å². The van der Waals surface area contributed by atoms with Crippen molar-refractivity contribution < 1.29 is 28.7 Å². The molecule has 1 N–H and O–H groups in total. The standard InChI is InChI=1S/C19H17N3O7S/c1-3-27-15-8-12(22(24)25)10(6-13(15)26-2)18(23)21-19-20-11-7-14-16(9-17(11)30-19)29-5-4-28-14/h6-9H,3-5H2,1-2H3,(H,20,21,23). The number of nitro groups is 1. The van der Waals surface area contributed by atoms with E-state index in [1.807, 2.05) is 0 Å². The Morgan fingerprint density at radius 2 is 1.97 bits per heavy atom. The molecular weight excluding hydrogens is 414 g/mol. The minimum atomic E-state index is -0.681. The molecule has 1 aliphatic heterocycles. The molecular formula is C19H17N3O7S. The SMILES string of the molecule is CCOc1cc([N+](=O)[O-])c(C(=O)Nc2nc3cc4c(cc3s2)OCCO4)cc1OC. The topological polar surface area (TPSA) is 122 Å². The van der Waals surface area contributed by atoms with Crippen molar-refractivity contribution >= 4 is 38.3 Å². The number of anilines is 1. The highest BCUT2D eigenvalue weighted by Gasteiger charge is 2.26. The van der Waals surface area contributed by atoms with Crippen molar-refractivity contribution in [2.75, 3.05) is 32.2 Å². The van der Waals surface area contributed by atoms with Gasteiger partial charge in [0.25, 0.3) is 11.6 Å². The monoisotopic (exact) mass is 431 g/mol. The lowest BCUT2D eigenvalue weighted by molar-refractivity contribution is -0.385. The highest BCUT2D eigenvalue weighted by molar-refractivity contribution is 7.22. The third kappa shape index (κ3) is 3.66. The molecule has 0 fully saturated rings. The second-order valence-electron chi connectivity index (χ2n) is 6.15. The predicted octanol–water partition coefficient (Wildman–Crippen LogP) is 3.64. The number of aromatic nitrogens is 1. The number of nitro benzene ring substituents is 1. The van der Waals surface area contributed by atoms with Crippen molar-refractivity contribution in [3.63, 3.8) is 0 Å². The van der Waals surface area contributed by atoms with Gasteiger partial charge in [0.1, 0.15) is 18.8 Å². The lowest BCUT2D eigenvalue weighted by Gasteiger charge is -2.17. The number of nitrogens with zero attached hydrogens (tertiary/aromatic N) is 2. The van der Waals surface area contributed by atoms with Crippen molar-refractivity contribution in [1.82, 2.24) is 4.98 Å². The molecule has 2 heterocycles. The van der Waals surface area contributed by atoms with Crippen LogP contribution in [0, 0.1) is 10.1 Å². The number of thiazole rings is 1. The summed E-state index contributed by atoms with van der Waals surface area (Å²) in [6.07, 6.45) is 0. The molecule has 3 aromatic rings. The van der Waals surface area contributed by atoms with E-state index in [0.29, 0.717) is 42.0 Å². The van der Waals surface area contributed by atoms with E-state index in [-0.39, 0.29) is 17.1 Å². The van der Waals surface area contributed by atoms with Gasteiger partial charge < -0.3 is 18.9 Å². The van der Waals surface area contributed by atoms with Crippen LogP contribution in [0.4, 0.5) is 10.8 Å². The summed E-state index contributed by atoms with van der Waals surface area (Å²) in [5.74, 6) is 0.929. The molecule has 2 aromatic carbocycles. The van der Waals surface area contributed by atoms with E-state index in [9.17, 15) is 14.9 Å². The molecule has 156 valence electrons. The number of hydrogen-bond donors (Lipinski definition) is 1. The largest absolute Gasteiger partial charge is 0.493 e. The van der Waals surface area contributed by atoms with E-state index < -0.39 is 16.5 Å². The van der Waals surface area contributed by atoms with Gasteiger partial charge >= 0.3 is 0 Å². The van der Waals surface area contributed by atoms with Gasteiger partial charge in [-0.05, 0) is 6.92 Å². The second kappa shape index (κ2) is 8.03. The van der Waals surface area contributed by atoms with Gasteiger partial charge in [-0.2, -0.15) is 0 Å². The number of methoxy groups -OCH3 is 1. The number of carbonyl (C=O) groups is 1. The quantitative estimate of drug-likeness (QED) is 0.464. The third-order valence-electron chi connectivity index (χ3n) is 4.30. The first kappa shape index (κ1) is 19.7. The Labute approximate surface area is 174 Å². The summed E-state index contributed by atoms with van der Waals surface area (Å²) in [5.41, 5.74) is 0.0685. The molecule has 10 nitrogen and oxygen atoms in total. The van der Waals surface area contributed by atoms with Crippen LogP contribution >= 0.6 is 11.3 Å². The lowest BCUT2D eigenvalue weighted by atomic mass is 10.1. The molecule has 0 atom stereocenters. The van der Waals surface area contributed by atoms with Crippen molar-refractivity contribution in [3.05, 3.63) is 39.9 Å². The van der Waals surface area contributed by atoms with Gasteiger partial charge in [0, 0.05) is 18.2 Å². The summed E-state index contributed by atoms with van der Waals surface area (Å²) >= 11 is 1.22. The van der Waals surface area contributed by atoms with Crippen LogP contribution in [-0.4, -0.2) is 42.7 Å². The molecule has 1 amide bonds. The molecule has 11 heteroatoms. The van der Waals surface area contributed by atoms with Crippen LogP contribution in [0.25, 0.3) is 10.2 Å². The molecule has 0 bridgehead atoms. The number of amides is 1. The van der Waals surface area contributed by atoms with Gasteiger partial charge in [-0.1, -0.05) is 11.3 Å². The fraction of sp³-hybridized carbons (Fsp3) is 0.263. The molecule has 1 aromatic heterocycles. The van der Waals surface area contributed by atoms with E-state index in [1.165, 1.54) is 30.6 Å².